The van der Waals surface area contributed by atoms with Gasteiger partial charge in [-0.05, 0) is 56.5 Å². The summed E-state index contributed by atoms with van der Waals surface area (Å²) in [5.74, 6) is 0.203. The van der Waals surface area contributed by atoms with Crippen molar-refractivity contribution in [3.05, 3.63) is 43.9 Å². The predicted molar refractivity (Wildman–Crippen MR) is 81.8 cm³/mol. The van der Waals surface area contributed by atoms with Crippen LogP contribution >= 0.6 is 43.5 Å². The van der Waals surface area contributed by atoms with Crippen LogP contribution in [0.4, 0.5) is 4.39 Å². The van der Waals surface area contributed by atoms with Crippen molar-refractivity contribution in [2.24, 2.45) is 0 Å². The van der Waals surface area contributed by atoms with E-state index in [0.29, 0.717) is 26.2 Å². The van der Waals surface area contributed by atoms with Crippen molar-refractivity contribution in [2.75, 3.05) is 0 Å². The van der Waals surface area contributed by atoms with Gasteiger partial charge >= 0.3 is 0 Å². The molecule has 0 atom stereocenters. The normalized spacial score (nSPS) is 10.8. The molecule has 0 radical (unpaired) electrons. The fourth-order valence-electron chi connectivity index (χ4n) is 1.66. The third-order valence-electron chi connectivity index (χ3n) is 2.53. The van der Waals surface area contributed by atoms with Gasteiger partial charge in [-0.1, -0.05) is 18.5 Å². The number of halogens is 4. The molecule has 100 valence electrons. The highest BCUT2D eigenvalue weighted by Gasteiger charge is 2.14. The van der Waals surface area contributed by atoms with Crippen LogP contribution < -0.4 is 0 Å². The summed E-state index contributed by atoms with van der Waals surface area (Å²) in [6.07, 6.45) is 1.68. The maximum atomic E-state index is 14.2. The van der Waals surface area contributed by atoms with Crippen LogP contribution in [0.1, 0.15) is 19.2 Å². The fraction of sp³-hybridized carbons (Fsp3) is 0.231. The van der Waals surface area contributed by atoms with E-state index in [2.05, 4.69) is 41.8 Å². The molecule has 0 aliphatic rings. The molecule has 1 heterocycles. The van der Waals surface area contributed by atoms with Gasteiger partial charge in [0.25, 0.3) is 0 Å². The van der Waals surface area contributed by atoms with E-state index in [1.54, 1.807) is 18.2 Å². The predicted octanol–water partition coefficient (Wildman–Crippen LogP) is 5.41. The van der Waals surface area contributed by atoms with Crippen molar-refractivity contribution < 1.29 is 4.39 Å². The Morgan fingerprint density at radius 2 is 2.00 bits per heavy atom. The second kappa shape index (κ2) is 6.29. The van der Waals surface area contributed by atoms with Crippen LogP contribution in [0.2, 0.25) is 5.02 Å². The zero-order valence-electron chi connectivity index (χ0n) is 10.1. The first-order valence-corrected chi connectivity index (χ1v) is 7.66. The van der Waals surface area contributed by atoms with E-state index < -0.39 is 5.82 Å². The number of aromatic nitrogens is 2. The lowest BCUT2D eigenvalue weighted by Gasteiger charge is -2.08. The largest absolute Gasteiger partial charge is 0.233 e. The second-order valence-electron chi connectivity index (χ2n) is 3.97. The van der Waals surface area contributed by atoms with Crippen molar-refractivity contribution in [3.63, 3.8) is 0 Å². The van der Waals surface area contributed by atoms with Crippen LogP contribution in [-0.4, -0.2) is 9.97 Å². The third kappa shape index (κ3) is 3.33. The van der Waals surface area contributed by atoms with Gasteiger partial charge in [0.1, 0.15) is 10.4 Å². The van der Waals surface area contributed by atoms with Gasteiger partial charge in [-0.3, -0.25) is 0 Å². The van der Waals surface area contributed by atoms with Crippen LogP contribution in [0.3, 0.4) is 0 Å². The maximum Gasteiger partial charge on any atom is 0.152 e. The Morgan fingerprint density at radius 3 is 2.68 bits per heavy atom. The number of nitrogens with zero attached hydrogens (tertiary/aromatic N) is 2. The molecule has 0 saturated heterocycles. The molecule has 2 aromatic rings. The number of benzene rings is 1. The molecule has 0 bridgehead atoms. The summed E-state index contributed by atoms with van der Waals surface area (Å²) in [5.41, 5.74) is 0.894. The Kier molecular flexibility index (Phi) is 4.92. The molecule has 0 N–H and O–H groups in total. The first-order valence-electron chi connectivity index (χ1n) is 5.70. The summed E-state index contributed by atoms with van der Waals surface area (Å²) in [6.45, 7) is 2.04. The number of hydrogen-bond donors (Lipinski definition) is 0. The standard InChI is InChI=1S/C13H10Br2ClFN2/c1-2-3-11-18-9(6-10(15)19-11)7-4-5-8(14)12(16)13(7)17/h4-6H,2-3H2,1H3. The van der Waals surface area contributed by atoms with Crippen molar-refractivity contribution in [1.82, 2.24) is 9.97 Å². The SMILES string of the molecule is CCCc1nc(Br)cc(-c2ccc(Br)c(Cl)c2F)n1. The van der Waals surface area contributed by atoms with E-state index in [1.807, 2.05) is 6.92 Å². The number of rotatable bonds is 3. The first kappa shape index (κ1) is 14.9. The zero-order valence-corrected chi connectivity index (χ0v) is 14.0. The lowest BCUT2D eigenvalue weighted by atomic mass is 10.1. The number of aryl methyl sites for hydroxylation is 1. The average Bonchev–Trinajstić information content (AvgIpc) is 2.36. The summed E-state index contributed by atoms with van der Waals surface area (Å²) in [6, 6.07) is 5.04. The molecule has 0 aliphatic carbocycles. The molecule has 0 fully saturated rings. The van der Waals surface area contributed by atoms with Gasteiger partial charge in [0.2, 0.25) is 0 Å². The van der Waals surface area contributed by atoms with Crippen LogP contribution in [0.5, 0.6) is 0 Å². The summed E-state index contributed by atoms with van der Waals surface area (Å²) in [7, 11) is 0. The molecule has 0 amide bonds. The van der Waals surface area contributed by atoms with Gasteiger partial charge in [-0.15, -0.1) is 0 Å². The van der Waals surface area contributed by atoms with Crippen molar-refractivity contribution in [3.8, 4) is 11.3 Å². The molecule has 1 aromatic carbocycles. The van der Waals surface area contributed by atoms with Crippen LogP contribution in [0, 0.1) is 5.82 Å². The van der Waals surface area contributed by atoms with Gasteiger partial charge in [-0.2, -0.15) is 0 Å². The second-order valence-corrected chi connectivity index (χ2v) is 6.01. The lowest BCUT2D eigenvalue weighted by molar-refractivity contribution is 0.630. The van der Waals surface area contributed by atoms with Crippen LogP contribution in [0.15, 0.2) is 27.3 Å². The van der Waals surface area contributed by atoms with Crippen LogP contribution in [0.25, 0.3) is 11.3 Å². The van der Waals surface area contributed by atoms with E-state index in [0.717, 1.165) is 12.8 Å². The minimum absolute atomic E-state index is 0.0595. The molecule has 6 heteroatoms. The minimum atomic E-state index is -0.482. The van der Waals surface area contributed by atoms with Gasteiger partial charge in [0.05, 0.1) is 10.7 Å². The van der Waals surface area contributed by atoms with Gasteiger partial charge < -0.3 is 0 Å². The molecule has 0 saturated carbocycles. The summed E-state index contributed by atoms with van der Waals surface area (Å²) in [4.78, 5) is 8.63. The monoisotopic (exact) mass is 406 g/mol. The third-order valence-corrected chi connectivity index (χ3v) is 4.19. The molecule has 0 aliphatic heterocycles. The average molecular weight is 408 g/mol. The Labute approximate surface area is 132 Å². The molecule has 19 heavy (non-hydrogen) atoms. The first-order chi connectivity index (χ1) is 9.02. The van der Waals surface area contributed by atoms with E-state index in [-0.39, 0.29) is 5.02 Å². The summed E-state index contributed by atoms with van der Waals surface area (Å²) < 4.78 is 15.3. The van der Waals surface area contributed by atoms with E-state index in [1.165, 1.54) is 0 Å². The van der Waals surface area contributed by atoms with E-state index in [4.69, 9.17) is 11.6 Å². The minimum Gasteiger partial charge on any atom is -0.233 e. The molecule has 0 spiro atoms. The lowest BCUT2D eigenvalue weighted by Crippen LogP contribution is -1.98. The van der Waals surface area contributed by atoms with Crippen molar-refractivity contribution in [2.45, 2.75) is 19.8 Å². The smallest absolute Gasteiger partial charge is 0.152 e. The van der Waals surface area contributed by atoms with E-state index in [9.17, 15) is 4.39 Å². The molecule has 2 rings (SSSR count). The van der Waals surface area contributed by atoms with Gasteiger partial charge in [0.15, 0.2) is 5.82 Å². The highest BCUT2D eigenvalue weighted by Crippen LogP contribution is 2.32. The Morgan fingerprint density at radius 1 is 1.26 bits per heavy atom. The fourth-order valence-corrected chi connectivity index (χ4v) is 2.55. The summed E-state index contributed by atoms with van der Waals surface area (Å²) in [5, 5.41) is 0.0595. The van der Waals surface area contributed by atoms with E-state index >= 15 is 0 Å². The zero-order chi connectivity index (χ0) is 14.0. The highest BCUT2D eigenvalue weighted by molar-refractivity contribution is 9.10. The van der Waals surface area contributed by atoms with Crippen molar-refractivity contribution >= 4 is 43.5 Å². The quantitative estimate of drug-likeness (QED) is 0.501. The number of hydrogen-bond acceptors (Lipinski definition) is 2. The Balaban J connectivity index is 2.55. The summed E-state index contributed by atoms with van der Waals surface area (Å²) >= 11 is 12.4. The Bertz CT molecular complexity index is 620. The molecule has 1 aromatic heterocycles. The molecular weight excluding hydrogens is 398 g/mol. The van der Waals surface area contributed by atoms with Gasteiger partial charge in [0, 0.05) is 16.5 Å². The highest BCUT2D eigenvalue weighted by atomic mass is 79.9. The Hall–Kier alpha value is -0.520. The molecule has 2 nitrogen and oxygen atoms in total. The van der Waals surface area contributed by atoms with Crippen LogP contribution in [-0.2, 0) is 6.42 Å². The van der Waals surface area contributed by atoms with Crippen molar-refractivity contribution in [1.29, 1.82) is 0 Å². The molecule has 0 unspecified atom stereocenters. The maximum absolute atomic E-state index is 14.2. The topological polar surface area (TPSA) is 25.8 Å². The molecular formula is C13H10Br2ClFN2. The van der Waals surface area contributed by atoms with Gasteiger partial charge in [-0.25, -0.2) is 14.4 Å².